The van der Waals surface area contributed by atoms with Crippen molar-refractivity contribution in [1.29, 1.82) is 0 Å². The molecule has 0 aliphatic rings. The molecule has 0 unspecified atom stereocenters. The number of amides is 1. The van der Waals surface area contributed by atoms with Crippen molar-refractivity contribution in [3.63, 3.8) is 0 Å². The van der Waals surface area contributed by atoms with Gasteiger partial charge in [-0.15, -0.1) is 0 Å². The molecule has 0 saturated heterocycles. The van der Waals surface area contributed by atoms with Crippen molar-refractivity contribution in [2.75, 3.05) is 6.26 Å². The zero-order valence-electron chi connectivity index (χ0n) is 11.9. The average molecular weight is 354 g/mol. The molecule has 1 amide bonds. The maximum absolute atomic E-state index is 12.0. The first-order chi connectivity index (χ1) is 10.7. The molecule has 120 valence electrons. The quantitative estimate of drug-likeness (QED) is 0.608. The maximum atomic E-state index is 12.0. The summed E-state index contributed by atoms with van der Waals surface area (Å²) in [5.74, 6) is -1.30. The Morgan fingerprint density at radius 3 is 2.52 bits per heavy atom. The van der Waals surface area contributed by atoms with E-state index < -0.39 is 21.7 Å². The lowest BCUT2D eigenvalue weighted by Crippen LogP contribution is -2.24. The Kier molecular flexibility index (Phi) is 4.62. The largest absolute Gasteiger partial charge is 0.370 e. The highest BCUT2D eigenvalue weighted by Crippen LogP contribution is 2.31. The van der Waals surface area contributed by atoms with E-state index in [2.05, 4.69) is 15.2 Å². The molecule has 1 aromatic heterocycles. The fraction of sp³-hybridized carbons (Fsp3) is 0.0769. The van der Waals surface area contributed by atoms with Gasteiger partial charge in [-0.05, 0) is 24.3 Å². The highest BCUT2D eigenvalue weighted by Gasteiger charge is 2.21. The number of hydrogen-bond donors (Lipinski definition) is 2. The molecular weight excluding hydrogens is 342 g/mol. The molecule has 0 radical (unpaired) electrons. The van der Waals surface area contributed by atoms with Crippen LogP contribution >= 0.6 is 11.6 Å². The van der Waals surface area contributed by atoms with Crippen molar-refractivity contribution < 1.29 is 13.2 Å². The molecule has 8 nitrogen and oxygen atoms in total. The first kappa shape index (κ1) is 16.8. The van der Waals surface area contributed by atoms with Gasteiger partial charge in [-0.2, -0.15) is 15.2 Å². The van der Waals surface area contributed by atoms with Gasteiger partial charge in [0.15, 0.2) is 15.8 Å². The van der Waals surface area contributed by atoms with Gasteiger partial charge in [0.25, 0.3) is 5.91 Å². The highest BCUT2D eigenvalue weighted by molar-refractivity contribution is 7.90. The van der Waals surface area contributed by atoms with E-state index in [0.717, 1.165) is 12.3 Å². The van der Waals surface area contributed by atoms with Gasteiger partial charge in [0.2, 0.25) is 0 Å². The molecule has 0 aliphatic heterocycles. The van der Waals surface area contributed by atoms with Gasteiger partial charge < -0.3 is 11.5 Å². The van der Waals surface area contributed by atoms with E-state index in [1.165, 1.54) is 12.3 Å². The third-order valence-corrected chi connectivity index (χ3v) is 4.23. The first-order valence-electron chi connectivity index (χ1n) is 6.16. The number of carbonyl (C=O) groups is 1. The van der Waals surface area contributed by atoms with Gasteiger partial charge in [-0.25, -0.2) is 8.42 Å². The summed E-state index contributed by atoms with van der Waals surface area (Å²) in [6, 6.07) is 5.61. The van der Waals surface area contributed by atoms with Crippen LogP contribution in [0.1, 0.15) is 10.4 Å². The summed E-state index contributed by atoms with van der Waals surface area (Å²) in [7, 11) is -3.67. The molecule has 0 aliphatic carbocycles. The van der Waals surface area contributed by atoms with Crippen molar-refractivity contribution in [1.82, 2.24) is 10.2 Å². The molecule has 0 saturated carbocycles. The van der Waals surface area contributed by atoms with Crippen molar-refractivity contribution in [2.45, 2.75) is 4.90 Å². The summed E-state index contributed by atoms with van der Waals surface area (Å²) in [5.41, 5.74) is 10.7. The summed E-state index contributed by atoms with van der Waals surface area (Å²) in [5, 5.41) is 7.56. The number of nitrogens with zero attached hydrogens (tertiary/aromatic N) is 3. The monoisotopic (exact) mass is 353 g/mol. The Bertz CT molecular complexity index is 893. The summed E-state index contributed by atoms with van der Waals surface area (Å²) in [6.07, 6.45) is 2.45. The van der Waals surface area contributed by atoms with Crippen LogP contribution in [0.15, 0.2) is 40.4 Å². The Morgan fingerprint density at radius 1 is 1.30 bits per heavy atom. The van der Waals surface area contributed by atoms with Crippen molar-refractivity contribution in [2.24, 2.45) is 16.5 Å². The number of benzene rings is 1. The van der Waals surface area contributed by atoms with Crippen molar-refractivity contribution in [3.8, 4) is 11.3 Å². The van der Waals surface area contributed by atoms with Gasteiger partial charge >= 0.3 is 0 Å². The van der Waals surface area contributed by atoms with E-state index in [9.17, 15) is 13.2 Å². The molecule has 0 spiro atoms. The molecule has 1 aromatic carbocycles. The van der Waals surface area contributed by atoms with Crippen LogP contribution in [0.25, 0.3) is 11.3 Å². The number of halogens is 1. The summed E-state index contributed by atoms with van der Waals surface area (Å²) < 4.78 is 24.1. The molecule has 4 N–H and O–H groups in total. The van der Waals surface area contributed by atoms with Gasteiger partial charge in [0.1, 0.15) is 0 Å². The van der Waals surface area contributed by atoms with Gasteiger partial charge in [-0.3, -0.25) is 4.79 Å². The lowest BCUT2D eigenvalue weighted by molar-refractivity contribution is 0.100. The van der Waals surface area contributed by atoms with E-state index in [1.807, 2.05) is 0 Å². The molecule has 1 heterocycles. The predicted octanol–water partition coefficient (Wildman–Crippen LogP) is 0.614. The van der Waals surface area contributed by atoms with E-state index in [-0.39, 0.29) is 21.0 Å². The second-order valence-electron chi connectivity index (χ2n) is 4.55. The Labute approximate surface area is 137 Å². The minimum absolute atomic E-state index is 0.00643. The van der Waals surface area contributed by atoms with Crippen LogP contribution in [-0.4, -0.2) is 36.7 Å². The van der Waals surface area contributed by atoms with Crippen LogP contribution in [-0.2, 0) is 9.84 Å². The average Bonchev–Trinajstić information content (AvgIpc) is 2.45. The van der Waals surface area contributed by atoms with Crippen LogP contribution in [0.4, 0.5) is 0 Å². The normalized spacial score (nSPS) is 11.0. The van der Waals surface area contributed by atoms with Gasteiger partial charge in [-0.1, -0.05) is 11.6 Å². The minimum atomic E-state index is -3.67. The number of hydrogen-bond acceptors (Lipinski definition) is 5. The molecule has 10 heteroatoms. The highest BCUT2D eigenvalue weighted by atomic mass is 35.5. The molecule has 0 bridgehead atoms. The van der Waals surface area contributed by atoms with Gasteiger partial charge in [0.05, 0.1) is 21.2 Å². The van der Waals surface area contributed by atoms with E-state index >= 15 is 0 Å². The number of aromatic nitrogens is 2. The molecule has 0 fully saturated rings. The maximum Gasteiger partial charge on any atom is 0.281 e. The molecule has 2 rings (SSSR count). The van der Waals surface area contributed by atoms with Crippen molar-refractivity contribution >= 4 is 33.3 Å². The second-order valence-corrected chi connectivity index (χ2v) is 6.94. The molecular formula is C13H12ClN5O3S. The number of carbonyl (C=O) groups excluding carboxylic acids is 1. The fourth-order valence-electron chi connectivity index (χ4n) is 1.85. The zero-order chi connectivity index (χ0) is 17.2. The third kappa shape index (κ3) is 3.82. The Hall–Kier alpha value is -2.52. The predicted molar refractivity (Wildman–Crippen MR) is 85.7 cm³/mol. The number of guanidine groups is 1. The molecule has 23 heavy (non-hydrogen) atoms. The lowest BCUT2D eigenvalue weighted by atomic mass is 10.1. The SMILES string of the molecule is CS(=O)(=O)c1cc(C(=O)N=C(N)N)c(Cl)cc1-c1cccnn1. The minimum Gasteiger partial charge on any atom is -0.370 e. The zero-order valence-corrected chi connectivity index (χ0v) is 13.5. The third-order valence-electron chi connectivity index (χ3n) is 2.78. The number of aliphatic imine (C=N–C) groups is 1. The van der Waals surface area contributed by atoms with Crippen LogP contribution in [0, 0.1) is 0 Å². The van der Waals surface area contributed by atoms with Crippen LogP contribution in [0.3, 0.4) is 0 Å². The van der Waals surface area contributed by atoms with Gasteiger partial charge in [0, 0.05) is 18.0 Å². The number of sulfone groups is 1. The lowest BCUT2D eigenvalue weighted by Gasteiger charge is -2.10. The van der Waals surface area contributed by atoms with Crippen molar-refractivity contribution in [3.05, 3.63) is 41.0 Å². The fourth-order valence-corrected chi connectivity index (χ4v) is 2.99. The smallest absolute Gasteiger partial charge is 0.281 e. The first-order valence-corrected chi connectivity index (χ1v) is 8.42. The summed E-state index contributed by atoms with van der Waals surface area (Å²) >= 11 is 6.06. The molecule has 2 aromatic rings. The number of rotatable bonds is 3. The second kappa shape index (κ2) is 6.31. The number of nitrogens with two attached hydrogens (primary N) is 2. The van der Waals surface area contributed by atoms with Crippen LogP contribution in [0.5, 0.6) is 0 Å². The summed E-state index contributed by atoms with van der Waals surface area (Å²) in [4.78, 5) is 15.2. The van der Waals surface area contributed by atoms with Crippen LogP contribution < -0.4 is 11.5 Å². The Balaban J connectivity index is 2.74. The summed E-state index contributed by atoms with van der Waals surface area (Å²) in [6.45, 7) is 0. The topological polar surface area (TPSA) is 141 Å². The van der Waals surface area contributed by atoms with E-state index in [0.29, 0.717) is 5.69 Å². The molecule has 0 atom stereocenters. The Morgan fingerprint density at radius 2 is 2.00 bits per heavy atom. The van der Waals surface area contributed by atoms with Crippen LogP contribution in [0.2, 0.25) is 5.02 Å². The standard InChI is InChI=1S/C13H12ClN5O3S/c1-23(21,22)11-6-7(12(20)18-13(15)16)9(14)5-8(11)10-3-2-4-17-19-10/h2-6H,1H3,(H4,15,16,18,20). The van der Waals surface area contributed by atoms with E-state index in [4.69, 9.17) is 23.1 Å². The van der Waals surface area contributed by atoms with E-state index in [1.54, 1.807) is 12.1 Å².